The van der Waals surface area contributed by atoms with Gasteiger partial charge < -0.3 is 10.1 Å². The van der Waals surface area contributed by atoms with Crippen LogP contribution in [-0.2, 0) is 6.54 Å². The maximum Gasteiger partial charge on any atom is 0.184 e. The van der Waals surface area contributed by atoms with E-state index in [0.717, 1.165) is 27.8 Å². The highest BCUT2D eigenvalue weighted by molar-refractivity contribution is 5.91. The van der Waals surface area contributed by atoms with Gasteiger partial charge in [-0.1, -0.05) is 19.1 Å². The average Bonchev–Trinajstić information content (AvgIpc) is 2.65. The zero-order chi connectivity index (χ0) is 18.5. The minimum absolute atomic E-state index is 0.288. The van der Waals surface area contributed by atoms with Gasteiger partial charge in [0.15, 0.2) is 6.10 Å². The molecule has 1 heterocycles. The van der Waals surface area contributed by atoms with Crippen molar-refractivity contribution in [2.75, 3.05) is 5.32 Å². The van der Waals surface area contributed by atoms with Crippen LogP contribution in [0.4, 0.5) is 10.1 Å². The molecule has 0 saturated heterocycles. The van der Waals surface area contributed by atoms with Crippen LogP contribution in [0.25, 0.3) is 10.9 Å². The lowest BCUT2D eigenvalue weighted by Crippen LogP contribution is -2.12. The van der Waals surface area contributed by atoms with Gasteiger partial charge in [0.25, 0.3) is 0 Å². The summed E-state index contributed by atoms with van der Waals surface area (Å²) in [5.74, 6) is 0.378. The van der Waals surface area contributed by atoms with Crippen molar-refractivity contribution in [2.45, 2.75) is 32.9 Å². The molecule has 1 unspecified atom stereocenters. The van der Waals surface area contributed by atoms with E-state index in [1.54, 1.807) is 6.07 Å². The Balaban J connectivity index is 1.80. The molecule has 0 bridgehead atoms. The Bertz CT molecular complexity index is 965. The molecule has 0 fully saturated rings. The lowest BCUT2D eigenvalue weighted by Gasteiger charge is -2.13. The van der Waals surface area contributed by atoms with Gasteiger partial charge in [-0.15, -0.1) is 0 Å². The predicted octanol–water partition coefficient (Wildman–Crippen LogP) is 4.98. The Morgan fingerprint density at radius 1 is 1.23 bits per heavy atom. The highest BCUT2D eigenvalue weighted by atomic mass is 19.1. The number of aryl methyl sites for hydroxylation is 1. The number of aromatic nitrogens is 1. The zero-order valence-corrected chi connectivity index (χ0v) is 14.8. The van der Waals surface area contributed by atoms with Crippen molar-refractivity contribution in [3.63, 3.8) is 0 Å². The molecule has 4 nitrogen and oxygen atoms in total. The number of nitrogens with one attached hydrogen (secondary N) is 1. The van der Waals surface area contributed by atoms with E-state index in [2.05, 4.69) is 16.4 Å². The first-order chi connectivity index (χ1) is 12.6. The second kappa shape index (κ2) is 7.83. The number of fused-ring (bicyclic) bond motifs is 1. The first-order valence-electron chi connectivity index (χ1n) is 8.55. The molecule has 3 aromatic rings. The van der Waals surface area contributed by atoms with Gasteiger partial charge in [0, 0.05) is 23.3 Å². The molecule has 1 atom stereocenters. The highest BCUT2D eigenvalue weighted by Crippen LogP contribution is 2.25. The number of nitrogens with zero attached hydrogens (tertiary/aromatic N) is 2. The minimum atomic E-state index is -0.451. The fourth-order valence-corrected chi connectivity index (χ4v) is 2.77. The van der Waals surface area contributed by atoms with E-state index in [-0.39, 0.29) is 5.82 Å². The summed E-state index contributed by atoms with van der Waals surface area (Å²) in [4.78, 5) is 4.44. The summed E-state index contributed by atoms with van der Waals surface area (Å²) >= 11 is 0. The van der Waals surface area contributed by atoms with Crippen LogP contribution in [0.1, 0.15) is 24.6 Å². The summed E-state index contributed by atoms with van der Waals surface area (Å²) in [5, 5.41) is 13.1. The molecule has 0 aliphatic heterocycles. The van der Waals surface area contributed by atoms with Crippen LogP contribution in [0, 0.1) is 24.1 Å². The summed E-state index contributed by atoms with van der Waals surface area (Å²) in [5.41, 5.74) is 3.46. The van der Waals surface area contributed by atoms with Gasteiger partial charge in [0.1, 0.15) is 17.6 Å². The smallest absolute Gasteiger partial charge is 0.184 e. The van der Waals surface area contributed by atoms with Gasteiger partial charge >= 0.3 is 0 Å². The van der Waals surface area contributed by atoms with Crippen molar-refractivity contribution in [1.82, 2.24) is 4.98 Å². The lowest BCUT2D eigenvalue weighted by molar-refractivity contribution is 0.251. The largest absolute Gasteiger partial charge is 0.476 e. The van der Waals surface area contributed by atoms with Gasteiger partial charge in [-0.25, -0.2) is 4.39 Å². The fraction of sp³-hybridized carbons (Fsp3) is 0.238. The molecule has 0 aliphatic rings. The fourth-order valence-electron chi connectivity index (χ4n) is 2.77. The minimum Gasteiger partial charge on any atom is -0.476 e. The highest BCUT2D eigenvalue weighted by Gasteiger charge is 2.08. The van der Waals surface area contributed by atoms with Crippen LogP contribution in [0.5, 0.6) is 5.75 Å². The van der Waals surface area contributed by atoms with Crippen molar-refractivity contribution >= 4 is 16.6 Å². The first kappa shape index (κ1) is 17.7. The molecular weight excluding hydrogens is 329 g/mol. The van der Waals surface area contributed by atoms with Crippen molar-refractivity contribution in [1.29, 1.82) is 5.26 Å². The Morgan fingerprint density at radius 3 is 2.85 bits per heavy atom. The third kappa shape index (κ3) is 4.09. The predicted molar refractivity (Wildman–Crippen MR) is 101 cm³/mol. The first-order valence-corrected chi connectivity index (χ1v) is 8.55. The standard InChI is InChI=1S/C21H20FN3O/c1-3-17(12-23)26-18-6-4-5-15(10-18)13-24-21-9-14(2)25-20-8-7-16(22)11-19(20)21/h4-11,17H,3,13H2,1-2H3,(H,24,25). The summed E-state index contributed by atoms with van der Waals surface area (Å²) in [6.45, 7) is 4.38. The van der Waals surface area contributed by atoms with Gasteiger partial charge in [0.05, 0.1) is 5.52 Å². The quantitative estimate of drug-likeness (QED) is 0.682. The van der Waals surface area contributed by atoms with Crippen LogP contribution in [0.3, 0.4) is 0 Å². The molecule has 1 aromatic heterocycles. The Hall–Kier alpha value is -3.13. The van der Waals surface area contributed by atoms with Crippen molar-refractivity contribution in [3.05, 3.63) is 65.6 Å². The van der Waals surface area contributed by atoms with Crippen molar-refractivity contribution < 1.29 is 9.13 Å². The van der Waals surface area contributed by atoms with Crippen molar-refractivity contribution in [2.24, 2.45) is 0 Å². The molecule has 0 spiro atoms. The topological polar surface area (TPSA) is 57.9 Å². The maximum absolute atomic E-state index is 13.6. The molecule has 0 amide bonds. The summed E-state index contributed by atoms with van der Waals surface area (Å²) in [6, 6.07) is 16.2. The number of nitriles is 1. The molecule has 5 heteroatoms. The van der Waals surface area contributed by atoms with E-state index in [4.69, 9.17) is 10.00 Å². The normalized spacial score (nSPS) is 11.8. The molecule has 1 N–H and O–H groups in total. The third-order valence-corrected chi connectivity index (χ3v) is 4.07. The van der Waals surface area contributed by atoms with E-state index in [0.29, 0.717) is 18.7 Å². The van der Waals surface area contributed by atoms with Crippen LogP contribution in [-0.4, -0.2) is 11.1 Å². The SMILES string of the molecule is CCC(C#N)Oc1cccc(CNc2cc(C)nc3ccc(F)cc23)c1. The van der Waals surface area contributed by atoms with Gasteiger partial charge in [-0.3, -0.25) is 4.98 Å². The number of benzene rings is 2. The Labute approximate surface area is 152 Å². The number of anilines is 1. The van der Waals surface area contributed by atoms with Gasteiger partial charge in [0.2, 0.25) is 0 Å². The van der Waals surface area contributed by atoms with E-state index in [1.165, 1.54) is 12.1 Å². The lowest BCUT2D eigenvalue weighted by atomic mass is 10.1. The van der Waals surface area contributed by atoms with Crippen molar-refractivity contribution in [3.8, 4) is 11.8 Å². The summed E-state index contributed by atoms with van der Waals surface area (Å²) < 4.78 is 19.3. The van der Waals surface area contributed by atoms with Crippen LogP contribution in [0.15, 0.2) is 48.5 Å². The second-order valence-electron chi connectivity index (χ2n) is 6.12. The van der Waals surface area contributed by atoms with E-state index < -0.39 is 6.10 Å². The number of ether oxygens (including phenoxy) is 1. The maximum atomic E-state index is 13.6. The monoisotopic (exact) mass is 349 g/mol. The van der Waals surface area contributed by atoms with Gasteiger partial charge in [-0.2, -0.15) is 5.26 Å². The van der Waals surface area contributed by atoms with E-state index >= 15 is 0 Å². The molecule has 26 heavy (non-hydrogen) atoms. The second-order valence-corrected chi connectivity index (χ2v) is 6.12. The molecule has 0 saturated carbocycles. The van der Waals surface area contributed by atoms with Crippen LogP contribution >= 0.6 is 0 Å². The number of hydrogen-bond donors (Lipinski definition) is 1. The van der Waals surface area contributed by atoms with Crippen LogP contribution in [0.2, 0.25) is 0 Å². The molecule has 2 aromatic carbocycles. The molecule has 3 rings (SSSR count). The number of halogens is 1. The Morgan fingerprint density at radius 2 is 2.08 bits per heavy atom. The van der Waals surface area contributed by atoms with Crippen LogP contribution < -0.4 is 10.1 Å². The summed E-state index contributed by atoms with van der Waals surface area (Å²) in [6.07, 6.45) is 0.181. The Kier molecular flexibility index (Phi) is 5.33. The average molecular weight is 349 g/mol. The van der Waals surface area contributed by atoms with E-state index in [9.17, 15) is 4.39 Å². The zero-order valence-electron chi connectivity index (χ0n) is 14.8. The molecule has 0 aliphatic carbocycles. The molecule has 132 valence electrons. The number of hydrogen-bond acceptors (Lipinski definition) is 4. The molecule has 0 radical (unpaired) electrons. The van der Waals surface area contributed by atoms with Gasteiger partial charge in [-0.05, 0) is 55.3 Å². The van der Waals surface area contributed by atoms with E-state index in [1.807, 2.05) is 44.2 Å². The number of pyridine rings is 1. The summed E-state index contributed by atoms with van der Waals surface area (Å²) in [7, 11) is 0. The molecular formula is C21H20FN3O. The third-order valence-electron chi connectivity index (χ3n) is 4.07. The number of rotatable bonds is 6.